The lowest BCUT2D eigenvalue weighted by atomic mass is 10.0. The molecule has 0 bridgehead atoms. The van der Waals surface area contributed by atoms with Gasteiger partial charge < -0.3 is 18.6 Å². The molecule has 1 aromatic heterocycles. The molecule has 1 aliphatic carbocycles. The monoisotopic (exact) mass is 439 g/mol. The highest BCUT2D eigenvalue weighted by molar-refractivity contribution is 5.95. The van der Waals surface area contributed by atoms with Crippen LogP contribution in [-0.4, -0.2) is 24.6 Å². The molecule has 0 N–H and O–H groups in total. The van der Waals surface area contributed by atoms with Crippen molar-refractivity contribution in [3.05, 3.63) is 73.1 Å². The van der Waals surface area contributed by atoms with Crippen molar-refractivity contribution in [2.75, 3.05) is 13.7 Å². The maximum atomic E-state index is 12.8. The van der Waals surface area contributed by atoms with E-state index >= 15 is 0 Å². The molecule has 4 rings (SSSR count). The molecule has 1 aliphatic rings. The van der Waals surface area contributed by atoms with E-state index in [0.717, 1.165) is 30.9 Å². The van der Waals surface area contributed by atoms with Gasteiger partial charge in [-0.2, -0.15) is 0 Å². The molecule has 0 unspecified atom stereocenters. The smallest absolute Gasteiger partial charge is 0.345 e. The quantitative estimate of drug-likeness (QED) is 0.235. The molecule has 0 fully saturated rings. The number of nitrogens with zero attached hydrogens (tertiary/aromatic N) is 1. The predicted molar refractivity (Wildman–Crippen MR) is 114 cm³/mol. The lowest BCUT2D eigenvalue weighted by Crippen LogP contribution is -2.11. The van der Waals surface area contributed by atoms with Crippen molar-refractivity contribution in [3.63, 3.8) is 0 Å². The van der Waals surface area contributed by atoms with Gasteiger partial charge in [-0.05, 0) is 49.4 Å². The first-order valence-electron chi connectivity index (χ1n) is 10.2. The Balaban J connectivity index is 1.66. The lowest BCUT2D eigenvalue weighted by molar-refractivity contribution is -0.385. The minimum atomic E-state index is -0.916. The Hall–Kier alpha value is -3.88. The molecule has 32 heavy (non-hydrogen) atoms. The van der Waals surface area contributed by atoms with Gasteiger partial charge in [0.25, 0.3) is 5.69 Å². The largest absolute Gasteiger partial charge is 0.493 e. The van der Waals surface area contributed by atoms with Gasteiger partial charge >= 0.3 is 11.6 Å². The third-order valence-electron chi connectivity index (χ3n) is 5.40. The normalized spacial score (nSPS) is 12.4. The summed E-state index contributed by atoms with van der Waals surface area (Å²) >= 11 is 0. The Morgan fingerprint density at radius 2 is 1.88 bits per heavy atom. The second-order valence-corrected chi connectivity index (χ2v) is 7.35. The highest BCUT2D eigenvalue weighted by Gasteiger charge is 2.26. The first kappa shape index (κ1) is 21.4. The van der Waals surface area contributed by atoms with Gasteiger partial charge in [0.1, 0.15) is 17.8 Å². The third kappa shape index (κ3) is 4.01. The number of rotatable bonds is 7. The number of ether oxygens (including phenoxy) is 3. The van der Waals surface area contributed by atoms with Crippen LogP contribution in [0.25, 0.3) is 11.0 Å². The van der Waals surface area contributed by atoms with Gasteiger partial charge in [0.05, 0.1) is 24.7 Å². The highest BCUT2D eigenvalue weighted by Crippen LogP contribution is 2.35. The zero-order valence-electron chi connectivity index (χ0n) is 17.6. The number of hydrogen-bond donors (Lipinski definition) is 0. The van der Waals surface area contributed by atoms with E-state index in [1.54, 1.807) is 6.92 Å². The zero-order chi connectivity index (χ0) is 22.8. The van der Waals surface area contributed by atoms with Crippen LogP contribution in [-0.2, 0) is 24.2 Å². The van der Waals surface area contributed by atoms with E-state index in [4.69, 9.17) is 18.6 Å². The standard InChI is InChI=1S/C23H21NO8/c1-3-30-21-11-18(24(27)28)17(10-20(21)29-2)23(26)31-12-15-9-22(25)32-19-8-14-6-4-5-13(14)7-16(15)19/h7-11H,3-6,12H2,1-2H3. The molecule has 166 valence electrons. The fourth-order valence-electron chi connectivity index (χ4n) is 3.93. The van der Waals surface area contributed by atoms with Crippen molar-refractivity contribution in [2.24, 2.45) is 0 Å². The first-order valence-corrected chi connectivity index (χ1v) is 10.2. The van der Waals surface area contributed by atoms with Gasteiger partial charge in [0, 0.05) is 23.1 Å². The number of aryl methyl sites for hydroxylation is 2. The molecular weight excluding hydrogens is 418 g/mol. The predicted octanol–water partition coefficient (Wildman–Crippen LogP) is 3.95. The number of nitro benzene ring substituents is 1. The van der Waals surface area contributed by atoms with Gasteiger partial charge in [-0.1, -0.05) is 0 Å². The molecule has 0 spiro atoms. The molecule has 0 radical (unpaired) electrons. The first-order chi connectivity index (χ1) is 15.4. The molecule has 9 nitrogen and oxygen atoms in total. The molecule has 9 heteroatoms. The molecule has 0 aliphatic heterocycles. The van der Waals surface area contributed by atoms with Crippen LogP contribution < -0.4 is 15.1 Å². The van der Waals surface area contributed by atoms with Crippen molar-refractivity contribution in [1.82, 2.24) is 0 Å². The maximum Gasteiger partial charge on any atom is 0.345 e. The minimum absolute atomic E-state index is 0.152. The molecule has 3 aromatic rings. The summed E-state index contributed by atoms with van der Waals surface area (Å²) in [5, 5.41) is 12.2. The van der Waals surface area contributed by atoms with Crippen LogP contribution in [0.1, 0.15) is 40.4 Å². The van der Waals surface area contributed by atoms with Crippen LogP contribution in [0.2, 0.25) is 0 Å². The Kier molecular flexibility index (Phi) is 5.81. The average Bonchev–Trinajstić information content (AvgIpc) is 3.23. The number of fused-ring (bicyclic) bond motifs is 2. The Bertz CT molecular complexity index is 1280. The SMILES string of the molecule is CCOc1cc([N+](=O)[O-])c(C(=O)OCc2cc(=O)oc3cc4c(cc23)CCC4)cc1OC. The average molecular weight is 439 g/mol. The van der Waals surface area contributed by atoms with Crippen LogP contribution in [0.3, 0.4) is 0 Å². The molecule has 0 amide bonds. The van der Waals surface area contributed by atoms with Crippen LogP contribution >= 0.6 is 0 Å². The van der Waals surface area contributed by atoms with Gasteiger partial charge in [-0.15, -0.1) is 0 Å². The van der Waals surface area contributed by atoms with Crippen LogP contribution in [0, 0.1) is 10.1 Å². The second-order valence-electron chi connectivity index (χ2n) is 7.35. The maximum absolute atomic E-state index is 12.8. The van der Waals surface area contributed by atoms with Gasteiger partial charge in [0.15, 0.2) is 11.5 Å². The molecule has 0 saturated heterocycles. The van der Waals surface area contributed by atoms with Crippen LogP contribution in [0.5, 0.6) is 11.5 Å². The molecule has 2 aromatic carbocycles. The Morgan fingerprint density at radius 1 is 1.12 bits per heavy atom. The summed E-state index contributed by atoms with van der Waals surface area (Å²) < 4.78 is 21.2. The van der Waals surface area contributed by atoms with Gasteiger partial charge in [-0.25, -0.2) is 9.59 Å². The summed E-state index contributed by atoms with van der Waals surface area (Å²) in [5.41, 5.74) is 1.92. The Morgan fingerprint density at radius 3 is 2.56 bits per heavy atom. The summed E-state index contributed by atoms with van der Waals surface area (Å²) in [5.74, 6) is -0.592. The number of nitro groups is 1. The van der Waals surface area contributed by atoms with Crippen molar-refractivity contribution < 1.29 is 28.3 Å². The van der Waals surface area contributed by atoms with Crippen LogP contribution in [0.15, 0.2) is 39.5 Å². The number of esters is 1. The van der Waals surface area contributed by atoms with Crippen LogP contribution in [0.4, 0.5) is 5.69 Å². The van der Waals surface area contributed by atoms with Crippen molar-refractivity contribution in [1.29, 1.82) is 0 Å². The topological polar surface area (TPSA) is 118 Å². The van der Waals surface area contributed by atoms with Crippen molar-refractivity contribution >= 4 is 22.6 Å². The summed E-state index contributed by atoms with van der Waals surface area (Å²) in [6.45, 7) is 1.75. The number of methoxy groups -OCH3 is 1. The molecule has 0 saturated carbocycles. The van der Waals surface area contributed by atoms with Gasteiger partial charge in [-0.3, -0.25) is 10.1 Å². The zero-order valence-corrected chi connectivity index (χ0v) is 17.6. The number of carbonyl (C=O) groups excluding carboxylic acids is 1. The number of benzene rings is 2. The summed E-state index contributed by atoms with van der Waals surface area (Å²) in [6.07, 6.45) is 2.89. The van der Waals surface area contributed by atoms with E-state index in [2.05, 4.69) is 0 Å². The van der Waals surface area contributed by atoms with Crippen molar-refractivity contribution in [2.45, 2.75) is 32.8 Å². The van der Waals surface area contributed by atoms with E-state index < -0.39 is 22.2 Å². The van der Waals surface area contributed by atoms with E-state index in [1.165, 1.54) is 24.8 Å². The van der Waals surface area contributed by atoms with E-state index in [-0.39, 0.29) is 30.3 Å². The fourth-order valence-corrected chi connectivity index (χ4v) is 3.93. The van der Waals surface area contributed by atoms with Gasteiger partial charge in [0.2, 0.25) is 0 Å². The van der Waals surface area contributed by atoms with Crippen molar-refractivity contribution in [3.8, 4) is 11.5 Å². The third-order valence-corrected chi connectivity index (χ3v) is 5.40. The fraction of sp³-hybridized carbons (Fsp3) is 0.304. The highest BCUT2D eigenvalue weighted by atomic mass is 16.6. The second kappa shape index (κ2) is 8.70. The number of carbonyl (C=O) groups is 1. The van der Waals surface area contributed by atoms with E-state index in [9.17, 15) is 19.7 Å². The van der Waals surface area contributed by atoms with E-state index in [0.29, 0.717) is 16.5 Å². The summed E-state index contributed by atoms with van der Waals surface area (Å²) in [7, 11) is 1.37. The number of hydrogen-bond acceptors (Lipinski definition) is 8. The molecule has 0 atom stereocenters. The minimum Gasteiger partial charge on any atom is -0.493 e. The summed E-state index contributed by atoms with van der Waals surface area (Å²) in [4.78, 5) is 35.6. The lowest BCUT2D eigenvalue weighted by Gasteiger charge is -2.12. The molecular formula is C23H21NO8. The molecule has 1 heterocycles. The summed E-state index contributed by atoms with van der Waals surface area (Å²) in [6, 6.07) is 7.42. The van der Waals surface area contributed by atoms with E-state index in [1.807, 2.05) is 12.1 Å². The Labute approximate surface area is 182 Å².